The van der Waals surface area contributed by atoms with Gasteiger partial charge in [0.05, 0.1) is 50.7 Å². The zero-order valence-corrected chi connectivity index (χ0v) is 42.1. The minimum Gasteiger partial charge on any atom is -0.287 e. The molecule has 0 aliphatic rings. The zero-order valence-electron chi connectivity index (χ0n) is 42.1. The maximum atomic E-state index is 14.2. The average molecular weight is 1200 g/mol. The number of unbranched alkanes of at least 4 members (excludes halogenated alkanes) is 7. The number of carbonyl (C=O) groups excluding carboxylic acids is 1. The van der Waals surface area contributed by atoms with Gasteiger partial charge < -0.3 is 0 Å². The first-order valence-corrected chi connectivity index (χ1v) is 24.3. The Balaban J connectivity index is 0.000000409. The van der Waals surface area contributed by atoms with Crippen LogP contribution in [0.5, 0.6) is 0 Å². The summed E-state index contributed by atoms with van der Waals surface area (Å²) in [7, 11) is 0. The largest absolute Gasteiger partial charge is 0.416 e. The standard InChI is InChI=1S/C32H12BF24.C22H31N2O/c34-25(35,36)13-1-14(26(37,38)39)6-21(5-13)33(22-7-15(27(40,41)42)2-16(8-22)28(43,44)45,23-9-17(29(46,47)48)3-18(10-23)30(49,50)51)24-11-19(31(52,53)54)4-20(12-24)32(55,56)57;1-2-3-4-5-6-7-8-12-15-21-18-24(17-16-23-21)19-22(25)20-13-10-9-11-14-20/h1-12H;9-11,13-14,16-18H,2-8,12,15,19H2,1H3/q-1;+1. The molecule has 1 aromatic heterocycles. The van der Waals surface area contributed by atoms with Crippen molar-refractivity contribution in [3.05, 3.63) is 177 Å². The SMILES string of the molecule is CCCCCCCCCCc1c[n+](CC(=O)c2ccccc2)ccn1.FC(F)(F)c1cc([B-](c2cc(C(F)(F)F)cc(C(F)(F)F)c2)(c2cc(C(F)(F)F)cc(C(F)(F)F)c2)c2cc(C(F)(F)F)cc(C(F)(F)F)c2)cc(C(F)(F)F)c1. The fourth-order valence-corrected chi connectivity index (χ4v) is 9.10. The van der Waals surface area contributed by atoms with Gasteiger partial charge in [-0.05, 0) is 37.1 Å². The second-order valence-electron chi connectivity index (χ2n) is 19.0. The summed E-state index contributed by atoms with van der Waals surface area (Å²) in [5, 5.41) is 0. The minimum absolute atomic E-state index is 0.134. The lowest BCUT2D eigenvalue weighted by Crippen LogP contribution is -2.75. The number of rotatable bonds is 16. The Labute approximate surface area is 450 Å². The van der Waals surface area contributed by atoms with E-state index in [1.54, 1.807) is 6.20 Å². The van der Waals surface area contributed by atoms with E-state index >= 15 is 0 Å². The van der Waals surface area contributed by atoms with E-state index in [-0.39, 0.29) is 5.78 Å². The van der Waals surface area contributed by atoms with E-state index in [0.29, 0.717) is 6.54 Å². The van der Waals surface area contributed by atoms with Crippen LogP contribution in [0.25, 0.3) is 0 Å². The van der Waals surface area contributed by atoms with Crippen LogP contribution in [0.15, 0.2) is 122 Å². The normalized spacial score (nSPS) is 13.2. The molecule has 6 rings (SSSR count). The van der Waals surface area contributed by atoms with Gasteiger partial charge in [-0.3, -0.25) is 4.79 Å². The molecule has 28 heteroatoms. The molecule has 0 saturated heterocycles. The third-order valence-corrected chi connectivity index (χ3v) is 13.0. The lowest BCUT2D eigenvalue weighted by molar-refractivity contribution is -0.684. The molecule has 0 amide bonds. The molecule has 0 N–H and O–H groups in total. The number of aromatic nitrogens is 2. The highest BCUT2D eigenvalue weighted by molar-refractivity contribution is 7.20. The minimum atomic E-state index is -6.13. The number of benzene rings is 5. The Kier molecular flexibility index (Phi) is 20.1. The summed E-state index contributed by atoms with van der Waals surface area (Å²) in [5.41, 5.74) is -28.4. The molecule has 0 aliphatic heterocycles. The first kappa shape index (κ1) is 66.0. The van der Waals surface area contributed by atoms with Gasteiger partial charge in [-0.15, -0.1) is 0 Å². The number of alkyl halides is 24. The fraction of sp³-hybridized carbons (Fsp3) is 0.352. The summed E-state index contributed by atoms with van der Waals surface area (Å²) in [4.78, 5) is 16.7. The second kappa shape index (κ2) is 25.0. The average Bonchev–Trinajstić information content (AvgIpc) is 2.73. The van der Waals surface area contributed by atoms with Gasteiger partial charge in [0, 0.05) is 5.56 Å². The van der Waals surface area contributed by atoms with Crippen molar-refractivity contribution in [3.8, 4) is 0 Å². The lowest BCUT2D eigenvalue weighted by Gasteiger charge is -2.46. The molecule has 0 radical (unpaired) electrons. The highest BCUT2D eigenvalue weighted by Gasteiger charge is 2.47. The number of hydrogen-bond donors (Lipinski definition) is 0. The first-order chi connectivity index (χ1) is 37.6. The molecule has 0 saturated carbocycles. The summed E-state index contributed by atoms with van der Waals surface area (Å²) in [6.45, 7) is 2.63. The Morgan fingerprint density at radius 2 is 0.683 bits per heavy atom. The van der Waals surface area contributed by atoms with Gasteiger partial charge in [-0.25, -0.2) is 4.98 Å². The molecule has 0 spiro atoms. The Bertz CT molecular complexity index is 2690. The number of hydrogen-bond acceptors (Lipinski definition) is 2. The topological polar surface area (TPSA) is 33.8 Å². The van der Waals surface area contributed by atoms with Gasteiger partial charge in [0.15, 0.2) is 12.4 Å². The lowest BCUT2D eigenvalue weighted by atomic mass is 9.12. The Morgan fingerprint density at radius 3 is 0.963 bits per heavy atom. The summed E-state index contributed by atoms with van der Waals surface area (Å²) in [6.07, 6.45) is -37.6. The molecule has 0 aliphatic carbocycles. The molecule has 0 atom stereocenters. The molecule has 446 valence electrons. The third-order valence-electron chi connectivity index (χ3n) is 13.0. The Morgan fingerprint density at radius 1 is 0.402 bits per heavy atom. The molecule has 0 bridgehead atoms. The van der Waals surface area contributed by atoms with Crippen molar-refractivity contribution in [1.29, 1.82) is 0 Å². The van der Waals surface area contributed by atoms with Crippen LogP contribution in [0.1, 0.15) is 119 Å². The second-order valence-corrected chi connectivity index (χ2v) is 19.0. The van der Waals surface area contributed by atoms with Crippen LogP contribution in [0, 0.1) is 0 Å². The molecule has 0 unspecified atom stereocenters. The van der Waals surface area contributed by atoms with Gasteiger partial charge >= 0.3 is 49.4 Å². The van der Waals surface area contributed by atoms with Gasteiger partial charge in [0.25, 0.3) is 0 Å². The van der Waals surface area contributed by atoms with Crippen LogP contribution in [0.3, 0.4) is 0 Å². The molecule has 82 heavy (non-hydrogen) atoms. The molecule has 5 aromatic carbocycles. The van der Waals surface area contributed by atoms with Crippen LogP contribution in [-0.2, 0) is 62.4 Å². The molecule has 3 nitrogen and oxygen atoms in total. The van der Waals surface area contributed by atoms with Crippen molar-refractivity contribution in [3.63, 3.8) is 0 Å². The van der Waals surface area contributed by atoms with Crippen molar-refractivity contribution in [2.24, 2.45) is 0 Å². The first-order valence-electron chi connectivity index (χ1n) is 24.3. The summed E-state index contributed by atoms with van der Waals surface area (Å²) >= 11 is 0. The van der Waals surface area contributed by atoms with Crippen molar-refractivity contribution < 1.29 is 115 Å². The fourth-order valence-electron chi connectivity index (χ4n) is 9.10. The predicted octanol–water partition coefficient (Wildman–Crippen LogP) is 16.1. The van der Waals surface area contributed by atoms with E-state index in [0.717, 1.165) is 17.7 Å². The zero-order chi connectivity index (χ0) is 61.7. The van der Waals surface area contributed by atoms with Crippen molar-refractivity contribution >= 4 is 33.8 Å². The van der Waals surface area contributed by atoms with Crippen LogP contribution < -0.4 is 26.4 Å². The van der Waals surface area contributed by atoms with Gasteiger partial charge in [-0.2, -0.15) is 132 Å². The van der Waals surface area contributed by atoms with E-state index in [1.807, 2.05) is 47.3 Å². The molecular formula is C54H43BF24N2O. The van der Waals surface area contributed by atoms with E-state index in [9.17, 15) is 110 Å². The van der Waals surface area contributed by atoms with Crippen LogP contribution in [0.4, 0.5) is 105 Å². The van der Waals surface area contributed by atoms with Gasteiger partial charge in [0.1, 0.15) is 11.8 Å². The summed E-state index contributed by atoms with van der Waals surface area (Å²) in [5.74, 6) is 0.134. The third kappa shape index (κ3) is 17.2. The van der Waals surface area contributed by atoms with Gasteiger partial charge in [-0.1, -0.05) is 131 Å². The quantitative estimate of drug-likeness (QED) is 0.0318. The van der Waals surface area contributed by atoms with E-state index < -0.39 is 195 Å². The highest BCUT2D eigenvalue weighted by atomic mass is 19.4. The highest BCUT2D eigenvalue weighted by Crippen LogP contribution is 2.41. The monoisotopic (exact) mass is 1200 g/mol. The maximum absolute atomic E-state index is 14.2. The Hall–Kier alpha value is -6.77. The number of halogens is 24. The van der Waals surface area contributed by atoms with Crippen LogP contribution >= 0.6 is 0 Å². The molecule has 0 fully saturated rings. The van der Waals surface area contributed by atoms with E-state index in [1.165, 1.54) is 51.4 Å². The maximum Gasteiger partial charge on any atom is 0.416 e. The number of carbonyl (C=O) groups is 1. The van der Waals surface area contributed by atoms with Gasteiger partial charge in [0.2, 0.25) is 12.3 Å². The number of Topliss-reactive ketones (excluding diaryl/α,β-unsaturated/α-hetero) is 1. The van der Waals surface area contributed by atoms with Crippen molar-refractivity contribution in [2.75, 3.05) is 0 Å². The number of aryl methyl sites for hydroxylation is 1. The number of nitrogens with zero attached hydrogens (tertiary/aromatic N) is 2. The molecular weight excluding hydrogens is 1160 g/mol. The predicted molar refractivity (Wildman–Crippen MR) is 252 cm³/mol. The molecule has 6 aromatic rings. The molecule has 1 heterocycles. The smallest absolute Gasteiger partial charge is 0.287 e. The van der Waals surface area contributed by atoms with Crippen LogP contribution in [0.2, 0.25) is 0 Å². The van der Waals surface area contributed by atoms with Crippen molar-refractivity contribution in [2.45, 2.75) is 121 Å². The number of ketones is 1. The van der Waals surface area contributed by atoms with E-state index in [2.05, 4.69) is 11.9 Å². The summed E-state index contributed by atoms with van der Waals surface area (Å²) in [6, 6.07) is 0.654. The van der Waals surface area contributed by atoms with Crippen molar-refractivity contribution in [1.82, 2.24) is 4.98 Å². The summed E-state index contributed by atoms with van der Waals surface area (Å²) < 4.78 is 343. The van der Waals surface area contributed by atoms with Crippen LogP contribution in [-0.4, -0.2) is 16.9 Å². The van der Waals surface area contributed by atoms with E-state index in [4.69, 9.17) is 0 Å².